The lowest BCUT2D eigenvalue weighted by Gasteiger charge is -2.34. The van der Waals surface area contributed by atoms with E-state index >= 15 is 0 Å². The Morgan fingerprint density at radius 2 is 2.10 bits per heavy atom. The molecule has 21 heavy (non-hydrogen) atoms. The van der Waals surface area contributed by atoms with Crippen molar-refractivity contribution in [3.05, 3.63) is 27.7 Å². The highest BCUT2D eigenvalue weighted by molar-refractivity contribution is 6.43. The average molecular weight is 326 g/mol. The molecule has 1 heterocycles. The van der Waals surface area contributed by atoms with Crippen molar-refractivity contribution in [1.82, 2.24) is 5.01 Å². The van der Waals surface area contributed by atoms with E-state index < -0.39 is 6.04 Å². The molecule has 2 rings (SSSR count). The number of halogens is 2. The van der Waals surface area contributed by atoms with Crippen molar-refractivity contribution in [2.24, 2.45) is 5.10 Å². The number of hydrazone groups is 1. The van der Waals surface area contributed by atoms with Gasteiger partial charge in [0.05, 0.1) is 23.7 Å². The van der Waals surface area contributed by atoms with E-state index in [9.17, 15) is 5.26 Å². The summed E-state index contributed by atoms with van der Waals surface area (Å²) >= 11 is 12.2. The van der Waals surface area contributed by atoms with Crippen molar-refractivity contribution in [2.45, 2.75) is 38.8 Å². The number of nitrogens with zero attached hydrogens (tertiary/aromatic N) is 3. The summed E-state index contributed by atoms with van der Waals surface area (Å²) in [6, 6.07) is 5.15. The van der Waals surface area contributed by atoms with Gasteiger partial charge in [-0.05, 0) is 26.8 Å². The van der Waals surface area contributed by atoms with Crippen molar-refractivity contribution >= 4 is 28.9 Å². The molecule has 0 fully saturated rings. The maximum atomic E-state index is 9.65. The summed E-state index contributed by atoms with van der Waals surface area (Å²) in [4.78, 5) is 0. The molecule has 1 aliphatic heterocycles. The first-order valence-corrected chi connectivity index (χ1v) is 7.32. The Labute approximate surface area is 134 Å². The summed E-state index contributed by atoms with van der Waals surface area (Å²) in [6.45, 7) is 6.07. The van der Waals surface area contributed by atoms with Gasteiger partial charge < -0.3 is 4.74 Å². The first-order valence-electron chi connectivity index (χ1n) is 6.56. The molecule has 1 aromatic rings. The number of rotatable bonds is 3. The quantitative estimate of drug-likeness (QED) is 0.826. The van der Waals surface area contributed by atoms with Gasteiger partial charge in [0.2, 0.25) is 0 Å². The number of hydrogen-bond donors (Lipinski definition) is 0. The molecule has 1 aromatic carbocycles. The van der Waals surface area contributed by atoms with Gasteiger partial charge in [0.1, 0.15) is 10.8 Å². The second kappa shape index (κ2) is 5.75. The van der Waals surface area contributed by atoms with Crippen LogP contribution < -0.4 is 4.74 Å². The molecule has 1 atom stereocenters. The monoisotopic (exact) mass is 325 g/mol. The van der Waals surface area contributed by atoms with E-state index in [1.165, 1.54) is 7.11 Å². The van der Waals surface area contributed by atoms with Crippen molar-refractivity contribution < 1.29 is 4.74 Å². The van der Waals surface area contributed by atoms with E-state index in [-0.39, 0.29) is 5.54 Å². The zero-order valence-corrected chi connectivity index (χ0v) is 14.0. The van der Waals surface area contributed by atoms with Crippen LogP contribution in [0.25, 0.3) is 0 Å². The van der Waals surface area contributed by atoms with Gasteiger partial charge in [-0.15, -0.1) is 0 Å². The fourth-order valence-electron chi connectivity index (χ4n) is 2.69. The van der Waals surface area contributed by atoms with Gasteiger partial charge in [0, 0.05) is 17.7 Å². The zero-order chi connectivity index (χ0) is 15.8. The molecular weight excluding hydrogens is 309 g/mol. The van der Waals surface area contributed by atoms with Crippen LogP contribution in [0.3, 0.4) is 0 Å². The Balaban J connectivity index is 2.54. The normalized spacial score (nSPS) is 18.1. The third kappa shape index (κ3) is 2.81. The number of hydrogen-bond acceptors (Lipinski definition) is 4. The summed E-state index contributed by atoms with van der Waals surface area (Å²) in [5.74, 6) is 0.422. The second-order valence-corrected chi connectivity index (χ2v) is 6.47. The van der Waals surface area contributed by atoms with E-state index in [4.69, 9.17) is 27.9 Å². The molecule has 0 saturated carbocycles. The molecule has 4 nitrogen and oxygen atoms in total. The van der Waals surface area contributed by atoms with Crippen molar-refractivity contribution in [3.8, 4) is 11.8 Å². The number of benzene rings is 1. The summed E-state index contributed by atoms with van der Waals surface area (Å²) in [6.07, 6.45) is 0.814. The number of nitriles is 1. The maximum absolute atomic E-state index is 9.65. The summed E-state index contributed by atoms with van der Waals surface area (Å²) < 4.78 is 5.35. The van der Waals surface area contributed by atoms with Gasteiger partial charge in [-0.1, -0.05) is 29.3 Å². The lowest BCUT2D eigenvalue weighted by molar-refractivity contribution is 0.121. The van der Waals surface area contributed by atoms with Crippen LogP contribution in [0, 0.1) is 11.3 Å². The Morgan fingerprint density at radius 1 is 1.43 bits per heavy atom. The largest absolute Gasteiger partial charge is 0.495 e. The van der Waals surface area contributed by atoms with Crippen LogP contribution in [0.1, 0.15) is 38.8 Å². The van der Waals surface area contributed by atoms with Crippen LogP contribution >= 0.6 is 23.2 Å². The minimum atomic E-state index is -0.581. The molecule has 0 aromatic heterocycles. The molecule has 0 amide bonds. The Morgan fingerprint density at radius 3 is 2.57 bits per heavy atom. The van der Waals surface area contributed by atoms with Crippen LogP contribution in [0.5, 0.6) is 5.75 Å². The predicted molar refractivity (Wildman–Crippen MR) is 85.0 cm³/mol. The molecular formula is C15H17Cl2N3O. The number of ether oxygens (including phenoxy) is 1. The Hall–Kier alpha value is -1.44. The highest BCUT2D eigenvalue weighted by Crippen LogP contribution is 2.42. The molecule has 1 unspecified atom stereocenters. The van der Waals surface area contributed by atoms with Crippen molar-refractivity contribution in [2.75, 3.05) is 7.11 Å². The van der Waals surface area contributed by atoms with Crippen LogP contribution in [0.15, 0.2) is 17.2 Å². The minimum absolute atomic E-state index is 0.235. The minimum Gasteiger partial charge on any atom is -0.495 e. The molecule has 0 bridgehead atoms. The molecule has 0 N–H and O–H groups in total. The first kappa shape index (κ1) is 15.9. The van der Waals surface area contributed by atoms with E-state index in [1.54, 1.807) is 12.1 Å². The van der Waals surface area contributed by atoms with Gasteiger partial charge in [0.25, 0.3) is 0 Å². The fourth-order valence-corrected chi connectivity index (χ4v) is 3.09. The fraction of sp³-hybridized carbons (Fsp3) is 0.467. The summed E-state index contributed by atoms with van der Waals surface area (Å²) in [5.41, 5.74) is 1.43. The van der Waals surface area contributed by atoms with Crippen LogP contribution in [0.2, 0.25) is 10.0 Å². The molecule has 0 radical (unpaired) electrons. The SMILES string of the molecule is COc1c(C(C#N)N2N=C(C)CC2(C)C)ccc(Cl)c1Cl. The maximum Gasteiger partial charge on any atom is 0.162 e. The standard InChI is InChI=1S/C15H17Cl2N3O/c1-9-7-15(2,3)20(19-9)12(8-18)10-5-6-11(16)13(17)14(10)21-4/h5-6,12H,7H2,1-4H3. The molecule has 112 valence electrons. The third-order valence-electron chi connectivity index (χ3n) is 3.53. The van der Waals surface area contributed by atoms with Crippen LogP contribution in [-0.4, -0.2) is 23.4 Å². The third-order valence-corrected chi connectivity index (χ3v) is 4.32. The average Bonchev–Trinajstić information content (AvgIpc) is 2.68. The molecule has 0 saturated heterocycles. The van der Waals surface area contributed by atoms with E-state index in [0.29, 0.717) is 21.4 Å². The lowest BCUT2D eigenvalue weighted by atomic mass is 9.95. The Kier molecular flexibility index (Phi) is 4.36. The first-order chi connectivity index (χ1) is 9.81. The summed E-state index contributed by atoms with van der Waals surface area (Å²) in [5, 5.41) is 16.7. The molecule has 0 aliphatic carbocycles. The van der Waals surface area contributed by atoms with Crippen molar-refractivity contribution in [1.29, 1.82) is 5.26 Å². The smallest absolute Gasteiger partial charge is 0.162 e. The van der Waals surface area contributed by atoms with E-state index in [0.717, 1.165) is 12.1 Å². The highest BCUT2D eigenvalue weighted by atomic mass is 35.5. The van der Waals surface area contributed by atoms with Gasteiger partial charge in [-0.2, -0.15) is 10.4 Å². The van der Waals surface area contributed by atoms with E-state index in [2.05, 4.69) is 25.0 Å². The predicted octanol–water partition coefficient (Wildman–Crippen LogP) is 4.43. The van der Waals surface area contributed by atoms with Gasteiger partial charge in [-0.3, -0.25) is 5.01 Å². The molecule has 1 aliphatic rings. The zero-order valence-electron chi connectivity index (χ0n) is 12.4. The van der Waals surface area contributed by atoms with Crippen LogP contribution in [-0.2, 0) is 0 Å². The molecule has 0 spiro atoms. The number of methoxy groups -OCH3 is 1. The topological polar surface area (TPSA) is 48.6 Å². The van der Waals surface area contributed by atoms with Gasteiger partial charge in [0.15, 0.2) is 6.04 Å². The van der Waals surface area contributed by atoms with Gasteiger partial charge in [-0.25, -0.2) is 0 Å². The van der Waals surface area contributed by atoms with E-state index in [1.807, 2.05) is 11.9 Å². The van der Waals surface area contributed by atoms with Crippen molar-refractivity contribution in [3.63, 3.8) is 0 Å². The summed E-state index contributed by atoms with van der Waals surface area (Å²) in [7, 11) is 1.51. The molecule has 6 heteroatoms. The Bertz CT molecular complexity index is 635. The van der Waals surface area contributed by atoms with Crippen LogP contribution in [0.4, 0.5) is 0 Å². The van der Waals surface area contributed by atoms with Gasteiger partial charge >= 0.3 is 0 Å². The highest BCUT2D eigenvalue weighted by Gasteiger charge is 2.39. The second-order valence-electron chi connectivity index (χ2n) is 5.68. The lowest BCUT2D eigenvalue weighted by Crippen LogP contribution is -2.38.